The van der Waals surface area contributed by atoms with E-state index in [1.165, 1.54) is 6.07 Å². The maximum atomic E-state index is 15.1. The lowest BCUT2D eigenvalue weighted by molar-refractivity contribution is -0.136. The number of aryl methyl sites for hydroxylation is 1. The molecule has 9 rings (SSSR count). The third-order valence-corrected chi connectivity index (χ3v) is 11.6. The van der Waals surface area contributed by atoms with Crippen molar-refractivity contribution < 1.29 is 23.2 Å². The number of nitrogens with one attached hydrogen (secondary N) is 2. The van der Waals surface area contributed by atoms with Crippen LogP contribution >= 0.6 is 0 Å². The van der Waals surface area contributed by atoms with Crippen LogP contribution in [0.4, 0.5) is 26.2 Å². The molecule has 1 unspecified atom stereocenters. The summed E-state index contributed by atoms with van der Waals surface area (Å²) in [4.78, 5) is 63.8. The molecule has 0 bridgehead atoms. The van der Waals surface area contributed by atoms with E-state index in [9.17, 15) is 14.4 Å². The number of halogens is 2. The van der Waals surface area contributed by atoms with Crippen molar-refractivity contribution in [2.45, 2.75) is 64.8 Å². The molecule has 3 fully saturated rings. The summed E-state index contributed by atoms with van der Waals surface area (Å²) in [7, 11) is 0. The largest absolute Gasteiger partial charge is 0.368 e. The first-order chi connectivity index (χ1) is 27.5. The molecule has 3 amide bonds. The Balaban J connectivity index is 0.779. The van der Waals surface area contributed by atoms with E-state index >= 15 is 8.78 Å². The second-order valence-electron chi connectivity index (χ2n) is 15.6. The van der Waals surface area contributed by atoms with Gasteiger partial charge < -0.3 is 19.7 Å². The molecule has 7 heterocycles. The van der Waals surface area contributed by atoms with Gasteiger partial charge in [-0.1, -0.05) is 12.1 Å². The van der Waals surface area contributed by atoms with Gasteiger partial charge in [-0.25, -0.2) is 28.7 Å². The molecule has 0 spiro atoms. The Bertz CT molecular complexity index is 2410. The number of fused-ring (bicyclic) bond motifs is 2. The molecule has 2 N–H and O–H groups in total. The summed E-state index contributed by atoms with van der Waals surface area (Å²) in [6, 6.07) is 12.4. The van der Waals surface area contributed by atoms with Gasteiger partial charge in [-0.05, 0) is 63.1 Å². The van der Waals surface area contributed by atoms with Gasteiger partial charge in [0.2, 0.25) is 17.8 Å². The molecule has 4 aliphatic heterocycles. The van der Waals surface area contributed by atoms with Crippen LogP contribution in [0.5, 0.6) is 0 Å². The van der Waals surface area contributed by atoms with Crippen LogP contribution in [0.1, 0.15) is 60.0 Å². The number of hydrogen-bond donors (Lipinski definition) is 2. The van der Waals surface area contributed by atoms with Gasteiger partial charge in [-0.2, -0.15) is 0 Å². The number of carbonyl (C=O) groups is 3. The van der Waals surface area contributed by atoms with Crippen LogP contribution in [0.2, 0.25) is 0 Å². The highest BCUT2D eigenvalue weighted by Gasteiger charge is 2.42. The van der Waals surface area contributed by atoms with E-state index in [0.717, 1.165) is 68.8 Å². The topological polar surface area (TPSA) is 145 Å². The van der Waals surface area contributed by atoms with E-state index in [2.05, 4.69) is 51.3 Å². The summed E-state index contributed by atoms with van der Waals surface area (Å²) in [6.45, 7) is 12.4. The van der Waals surface area contributed by atoms with Crippen LogP contribution in [0.3, 0.4) is 0 Å². The van der Waals surface area contributed by atoms with Crippen molar-refractivity contribution in [1.29, 1.82) is 0 Å². The predicted octanol–water partition coefficient (Wildman–Crippen LogP) is 4.57. The summed E-state index contributed by atoms with van der Waals surface area (Å²) >= 11 is 0. The minimum absolute atomic E-state index is 0.0220. The molecule has 14 nitrogen and oxygen atoms in total. The van der Waals surface area contributed by atoms with Gasteiger partial charge in [-0.3, -0.25) is 29.5 Å². The van der Waals surface area contributed by atoms with Gasteiger partial charge in [-0.15, -0.1) is 0 Å². The second kappa shape index (κ2) is 14.6. The minimum atomic E-state index is -0.665. The molecule has 1 atom stereocenters. The number of piperazine rings is 1. The number of imide groups is 1. The number of carbonyl (C=O) groups excluding carboxylic acids is 3. The Morgan fingerprint density at radius 3 is 2.49 bits per heavy atom. The fourth-order valence-corrected chi connectivity index (χ4v) is 8.69. The molecule has 3 aromatic heterocycles. The van der Waals surface area contributed by atoms with Crippen LogP contribution in [-0.4, -0.2) is 108 Å². The Morgan fingerprint density at radius 1 is 0.947 bits per heavy atom. The van der Waals surface area contributed by atoms with Crippen LogP contribution < -0.4 is 15.5 Å². The van der Waals surface area contributed by atoms with E-state index in [1.54, 1.807) is 11.0 Å². The number of amides is 3. The summed E-state index contributed by atoms with van der Waals surface area (Å²) in [5.74, 6) is -0.724. The van der Waals surface area contributed by atoms with Crippen molar-refractivity contribution in [3.63, 3.8) is 0 Å². The first-order valence-corrected chi connectivity index (χ1v) is 19.4. The number of rotatable bonds is 9. The normalized spacial score (nSPS) is 19.4. The van der Waals surface area contributed by atoms with E-state index in [0.29, 0.717) is 47.3 Å². The first kappa shape index (κ1) is 36.7. The Morgan fingerprint density at radius 2 is 1.75 bits per heavy atom. The zero-order chi connectivity index (χ0) is 39.5. The number of pyridine rings is 1. The van der Waals surface area contributed by atoms with Crippen molar-refractivity contribution in [1.82, 2.24) is 44.5 Å². The highest BCUT2D eigenvalue weighted by Crippen LogP contribution is 2.37. The standard InChI is InChI=1S/C41H43F2N11O3/c1-23(2)54-24(3)46-38-30(42)15-26(16-34(38)54)37-31(43)18-45-41(49-37)47-35-9-7-25(17-44-35)19-50-11-13-51(14-12-50)27-20-52(21-27)32-6-4-5-28-29(32)22-53(40(28)57)33-8-10-36(55)48-39(33)56/h4-7,9,15-18,23,27,33H,8,10-14,19-22H2,1-3H3,(H,48,55,56)(H,44,45,47,49). The molecule has 2 aromatic carbocycles. The summed E-state index contributed by atoms with van der Waals surface area (Å²) in [6.07, 6.45) is 3.47. The third-order valence-electron chi connectivity index (χ3n) is 11.6. The van der Waals surface area contributed by atoms with E-state index in [-0.39, 0.29) is 41.4 Å². The first-order valence-electron chi connectivity index (χ1n) is 19.4. The highest BCUT2D eigenvalue weighted by atomic mass is 19.1. The third kappa shape index (κ3) is 6.86. The average Bonchev–Trinajstić information content (AvgIpc) is 3.69. The quantitative estimate of drug-likeness (QED) is 0.203. The number of hydrogen-bond acceptors (Lipinski definition) is 11. The fourth-order valence-electron chi connectivity index (χ4n) is 8.69. The van der Waals surface area contributed by atoms with Gasteiger partial charge in [0.15, 0.2) is 11.6 Å². The zero-order valence-corrected chi connectivity index (χ0v) is 32.0. The van der Waals surface area contributed by atoms with Crippen molar-refractivity contribution in [3.8, 4) is 11.3 Å². The Labute approximate surface area is 327 Å². The smallest absolute Gasteiger partial charge is 0.255 e. The predicted molar refractivity (Wildman–Crippen MR) is 209 cm³/mol. The average molecular weight is 776 g/mol. The molecule has 294 valence electrons. The van der Waals surface area contributed by atoms with E-state index < -0.39 is 23.6 Å². The number of nitrogens with zero attached hydrogens (tertiary/aromatic N) is 9. The van der Waals surface area contributed by atoms with Crippen molar-refractivity contribution in [2.24, 2.45) is 0 Å². The lowest BCUT2D eigenvalue weighted by Crippen LogP contribution is -2.63. The molecule has 57 heavy (non-hydrogen) atoms. The van der Waals surface area contributed by atoms with Gasteiger partial charge >= 0.3 is 0 Å². The maximum absolute atomic E-state index is 15.1. The van der Waals surface area contributed by atoms with Crippen molar-refractivity contribution in [3.05, 3.63) is 89.0 Å². The van der Waals surface area contributed by atoms with Crippen LogP contribution in [0.25, 0.3) is 22.3 Å². The number of anilines is 3. The Hall–Kier alpha value is -5.87. The fraction of sp³-hybridized carbons (Fsp3) is 0.390. The van der Waals surface area contributed by atoms with E-state index in [1.807, 2.05) is 55.8 Å². The van der Waals surface area contributed by atoms with E-state index in [4.69, 9.17) is 0 Å². The molecular formula is C41H43F2N11O3. The maximum Gasteiger partial charge on any atom is 0.255 e. The van der Waals surface area contributed by atoms with Gasteiger partial charge in [0.1, 0.15) is 28.9 Å². The Kier molecular flexibility index (Phi) is 9.39. The highest BCUT2D eigenvalue weighted by molar-refractivity contribution is 6.06. The number of aromatic nitrogens is 5. The van der Waals surface area contributed by atoms with Crippen LogP contribution in [-0.2, 0) is 22.7 Å². The van der Waals surface area contributed by atoms with Gasteiger partial charge in [0.05, 0.1) is 11.7 Å². The van der Waals surface area contributed by atoms with Crippen molar-refractivity contribution >= 4 is 46.2 Å². The SMILES string of the molecule is Cc1nc2c(F)cc(-c3nc(Nc4ccc(CN5CCN(C6CN(c7cccc8c7CN(C7CCC(=O)NC7=O)C8=O)C6)CC5)cn4)ncc3F)cc2n1C(C)C. The second-order valence-corrected chi connectivity index (χ2v) is 15.6. The number of benzene rings is 2. The molecule has 16 heteroatoms. The van der Waals surface area contributed by atoms with Crippen molar-refractivity contribution in [2.75, 3.05) is 49.5 Å². The molecule has 0 radical (unpaired) electrons. The number of piperidine rings is 1. The zero-order valence-electron chi connectivity index (χ0n) is 32.0. The monoisotopic (exact) mass is 775 g/mol. The lowest BCUT2D eigenvalue weighted by Gasteiger charge is -2.49. The molecular weight excluding hydrogens is 733 g/mol. The molecule has 0 saturated carbocycles. The van der Waals surface area contributed by atoms with Gasteiger partial charge in [0, 0.05) is 99.4 Å². The summed E-state index contributed by atoms with van der Waals surface area (Å²) in [5, 5.41) is 5.44. The van der Waals surface area contributed by atoms with Crippen LogP contribution in [0, 0.1) is 18.6 Å². The lowest BCUT2D eigenvalue weighted by atomic mass is 10.0. The number of imidazole rings is 1. The van der Waals surface area contributed by atoms with Crippen LogP contribution in [0.15, 0.2) is 54.9 Å². The summed E-state index contributed by atoms with van der Waals surface area (Å²) < 4.78 is 32.1. The van der Waals surface area contributed by atoms with Gasteiger partial charge in [0.25, 0.3) is 5.91 Å². The molecule has 0 aliphatic carbocycles. The molecule has 3 saturated heterocycles. The summed E-state index contributed by atoms with van der Waals surface area (Å²) in [5.41, 5.74) is 4.78. The minimum Gasteiger partial charge on any atom is -0.368 e. The molecule has 4 aliphatic rings. The molecule has 5 aromatic rings.